The molecule has 1 aromatic carbocycles. The number of halogens is 2. The first kappa shape index (κ1) is 27.4. The van der Waals surface area contributed by atoms with Crippen LogP contribution in [0.15, 0.2) is 30.5 Å². The maximum atomic E-state index is 11.9. The highest BCUT2D eigenvalue weighted by Gasteiger charge is 2.46. The molecule has 1 aliphatic heterocycles. The first-order valence-electron chi connectivity index (χ1n) is 10.3. The Labute approximate surface area is 213 Å². The fraction of sp³-hybridized carbons (Fsp3) is 0.389. The number of benzene rings is 1. The van der Waals surface area contributed by atoms with Gasteiger partial charge >= 0.3 is 15.2 Å². The molecule has 0 spiro atoms. The van der Waals surface area contributed by atoms with Crippen molar-refractivity contribution in [3.8, 4) is 0 Å². The quantitative estimate of drug-likeness (QED) is 0.157. The molecule has 5 atom stereocenters. The van der Waals surface area contributed by atoms with Gasteiger partial charge in [-0.05, 0) is 23.2 Å². The number of aliphatic hydroxyl groups is 2. The van der Waals surface area contributed by atoms with Crippen LogP contribution in [0.25, 0.3) is 11.0 Å². The number of nitrogens with zero attached hydrogens (tertiary/aromatic N) is 4. The summed E-state index contributed by atoms with van der Waals surface area (Å²) in [6, 6.07) is 7.20. The van der Waals surface area contributed by atoms with Crippen molar-refractivity contribution in [2.45, 2.75) is 31.1 Å². The summed E-state index contributed by atoms with van der Waals surface area (Å²) in [7, 11) is -9.53. The van der Waals surface area contributed by atoms with Crippen LogP contribution in [0, 0.1) is 0 Å². The lowest BCUT2D eigenvalue weighted by molar-refractivity contribution is -0.0541. The van der Waals surface area contributed by atoms with Gasteiger partial charge in [0.1, 0.15) is 24.1 Å². The maximum absolute atomic E-state index is 11.9. The monoisotopic (exact) mass is 583 g/mol. The number of anilines is 1. The summed E-state index contributed by atoms with van der Waals surface area (Å²) >= 11 is 12.3. The van der Waals surface area contributed by atoms with Crippen LogP contribution in [0.1, 0.15) is 11.8 Å². The summed E-state index contributed by atoms with van der Waals surface area (Å²) in [6.45, 7) is -0.425. The summed E-state index contributed by atoms with van der Waals surface area (Å²) in [5.74, 6) is -1.08. The van der Waals surface area contributed by atoms with E-state index in [1.807, 2.05) is 12.1 Å². The van der Waals surface area contributed by atoms with Gasteiger partial charge in [-0.15, -0.1) is 0 Å². The van der Waals surface area contributed by atoms with Crippen molar-refractivity contribution in [2.75, 3.05) is 17.8 Å². The van der Waals surface area contributed by atoms with Gasteiger partial charge in [0.05, 0.1) is 18.2 Å². The molecule has 3 heterocycles. The molecule has 1 fully saturated rings. The van der Waals surface area contributed by atoms with E-state index in [0.717, 1.165) is 10.2 Å². The Hall–Kier alpha value is -1.67. The maximum Gasteiger partial charge on any atom is 0.340 e. The van der Waals surface area contributed by atoms with Gasteiger partial charge in [0.2, 0.25) is 5.28 Å². The van der Waals surface area contributed by atoms with Crippen LogP contribution in [0.5, 0.6) is 0 Å². The van der Waals surface area contributed by atoms with Crippen molar-refractivity contribution < 1.29 is 43.3 Å². The Morgan fingerprint density at radius 2 is 1.83 bits per heavy atom. The van der Waals surface area contributed by atoms with Crippen molar-refractivity contribution in [1.29, 1.82) is 0 Å². The molecule has 4 rings (SSSR count). The molecular formula is C18H21Cl2N5O9P2. The lowest BCUT2D eigenvalue weighted by Crippen LogP contribution is -2.33. The predicted molar refractivity (Wildman–Crippen MR) is 128 cm³/mol. The van der Waals surface area contributed by atoms with Crippen molar-refractivity contribution in [3.63, 3.8) is 0 Å². The molecule has 6 N–H and O–H groups in total. The number of fused-ring (bicyclic) bond motifs is 1. The van der Waals surface area contributed by atoms with Crippen LogP contribution >= 0.6 is 38.4 Å². The molecule has 0 aliphatic carbocycles. The third-order valence-electron chi connectivity index (χ3n) is 5.21. The minimum atomic E-state index is -4.84. The van der Waals surface area contributed by atoms with Gasteiger partial charge < -0.3 is 39.5 Å². The average Bonchev–Trinajstić information content (AvgIpc) is 3.31. The highest BCUT2D eigenvalue weighted by Crippen LogP contribution is 2.55. The highest BCUT2D eigenvalue weighted by atomic mass is 35.5. The zero-order valence-electron chi connectivity index (χ0n) is 18.1. The van der Waals surface area contributed by atoms with Gasteiger partial charge in [-0.2, -0.15) is 15.1 Å². The SMILES string of the molecule is O=P(O)(O)CP(=O)(O)OCC1O[C@@H](n2ncc3c(NCc4ccccc4Cl)nc(Cl)nc32)[C@H](O)C1O. The van der Waals surface area contributed by atoms with E-state index >= 15 is 0 Å². The van der Waals surface area contributed by atoms with E-state index in [9.17, 15) is 24.2 Å². The largest absolute Gasteiger partial charge is 0.387 e. The van der Waals surface area contributed by atoms with Crippen molar-refractivity contribution >= 4 is 55.2 Å². The zero-order valence-corrected chi connectivity index (χ0v) is 21.4. The van der Waals surface area contributed by atoms with E-state index in [0.29, 0.717) is 22.8 Å². The zero-order chi connectivity index (χ0) is 26.3. The topological polar surface area (TPSA) is 209 Å². The van der Waals surface area contributed by atoms with Gasteiger partial charge in [0.25, 0.3) is 0 Å². The van der Waals surface area contributed by atoms with Gasteiger partial charge in [-0.25, -0.2) is 4.68 Å². The summed E-state index contributed by atoms with van der Waals surface area (Å²) in [6.07, 6.45) is -4.37. The number of aromatic nitrogens is 4. The van der Waals surface area contributed by atoms with E-state index in [-0.39, 0.29) is 10.9 Å². The molecule has 0 radical (unpaired) electrons. The molecule has 3 unspecified atom stereocenters. The second-order valence-corrected chi connectivity index (χ2v) is 12.6. The van der Waals surface area contributed by atoms with Gasteiger partial charge in [0.15, 0.2) is 17.8 Å². The molecule has 3 aromatic rings. The summed E-state index contributed by atoms with van der Waals surface area (Å²) in [4.78, 5) is 35.8. The molecule has 36 heavy (non-hydrogen) atoms. The molecule has 0 bridgehead atoms. The molecule has 196 valence electrons. The van der Waals surface area contributed by atoms with E-state index in [2.05, 4.69) is 20.4 Å². The Bertz CT molecular complexity index is 1360. The third-order valence-corrected chi connectivity index (χ3v) is 9.21. The van der Waals surface area contributed by atoms with Crippen LogP contribution in [0.3, 0.4) is 0 Å². The first-order valence-corrected chi connectivity index (χ1v) is 14.6. The van der Waals surface area contributed by atoms with Gasteiger partial charge in [-0.3, -0.25) is 9.13 Å². The normalized spacial score (nSPS) is 24.2. The molecule has 1 saturated heterocycles. The smallest absolute Gasteiger partial charge is 0.340 e. The number of hydrogen-bond donors (Lipinski definition) is 6. The van der Waals surface area contributed by atoms with E-state index in [1.165, 1.54) is 6.20 Å². The molecule has 18 heteroatoms. The first-order chi connectivity index (χ1) is 16.8. The van der Waals surface area contributed by atoms with Gasteiger partial charge in [0, 0.05) is 11.6 Å². The third kappa shape index (κ3) is 6.24. The van der Waals surface area contributed by atoms with Crippen LogP contribution < -0.4 is 5.32 Å². The lowest BCUT2D eigenvalue weighted by Gasteiger charge is -2.18. The highest BCUT2D eigenvalue weighted by molar-refractivity contribution is 7.70. The number of hydrogen-bond acceptors (Lipinski definition) is 10. The van der Waals surface area contributed by atoms with E-state index in [1.54, 1.807) is 12.1 Å². The minimum absolute atomic E-state index is 0.141. The summed E-state index contributed by atoms with van der Waals surface area (Å²) < 4.78 is 34.4. The molecular weight excluding hydrogens is 563 g/mol. The van der Waals surface area contributed by atoms with Crippen molar-refractivity contribution in [3.05, 3.63) is 46.3 Å². The van der Waals surface area contributed by atoms with Crippen molar-refractivity contribution in [1.82, 2.24) is 19.7 Å². The Morgan fingerprint density at radius 3 is 2.53 bits per heavy atom. The minimum Gasteiger partial charge on any atom is -0.387 e. The number of rotatable bonds is 9. The number of aliphatic hydroxyl groups excluding tert-OH is 2. The van der Waals surface area contributed by atoms with Crippen LogP contribution in [0.4, 0.5) is 5.82 Å². The van der Waals surface area contributed by atoms with E-state index in [4.69, 9.17) is 42.2 Å². The second-order valence-electron chi connectivity index (χ2n) is 7.90. The van der Waals surface area contributed by atoms with Crippen LogP contribution in [-0.4, -0.2) is 75.5 Å². The molecule has 0 amide bonds. The molecule has 1 aliphatic rings. The van der Waals surface area contributed by atoms with E-state index < -0.39 is 52.2 Å². The molecule has 0 saturated carbocycles. The Balaban J connectivity index is 1.53. The standard InChI is InChI=1S/C18H21Cl2N5O9P2/c19-11-4-2-1-3-9(11)5-21-15-10-6-22-25(16(10)24-18(20)23-15)17-14(27)13(26)12(34-17)7-33-36(31,32)8-35(28,29)30/h1-4,6,12-14,17,26-27H,5,7-8H2,(H,31,32)(H,21,23,24)(H2,28,29,30)/t12?,13?,14-,17-/m1/s1. The Morgan fingerprint density at radius 1 is 1.11 bits per heavy atom. The van der Waals surface area contributed by atoms with Crippen LogP contribution in [0.2, 0.25) is 10.3 Å². The lowest BCUT2D eigenvalue weighted by atomic mass is 10.1. The molecule has 2 aromatic heterocycles. The van der Waals surface area contributed by atoms with Crippen LogP contribution in [-0.2, 0) is 24.9 Å². The summed E-state index contributed by atoms with van der Waals surface area (Å²) in [5.41, 5.74) is 0.957. The fourth-order valence-electron chi connectivity index (χ4n) is 3.57. The second kappa shape index (κ2) is 10.6. The number of nitrogens with one attached hydrogen (secondary N) is 1. The average molecular weight is 584 g/mol. The summed E-state index contributed by atoms with van der Waals surface area (Å²) in [5, 5.41) is 29.0. The Kier molecular flexibility index (Phi) is 8.06. The van der Waals surface area contributed by atoms with Crippen molar-refractivity contribution in [2.24, 2.45) is 0 Å². The predicted octanol–water partition coefficient (Wildman–Crippen LogP) is 1.70. The van der Waals surface area contributed by atoms with Gasteiger partial charge in [-0.1, -0.05) is 29.8 Å². The fourth-order valence-corrected chi connectivity index (χ4v) is 6.51. The molecule has 14 nitrogen and oxygen atoms in total. The number of ether oxygens (including phenoxy) is 1.